The highest BCUT2D eigenvalue weighted by Gasteiger charge is 2.34. The number of rotatable bonds is 13. The standard InChI is InChI=1S/C33H40FN3O6S/c1-42-30-19-18-28(21-31(30)43-2)37(44(3,40)41)23-32(38)36(22-25-14-16-26(34)17-15-25)29(20-24-10-6-4-7-11-24)33(39)35-27-12-8-5-9-13-27/h4,6-7,10-11,14-19,21,27,29H,5,8-9,12-13,20,22-23H2,1-3H3,(H,35,39)/t29-/m1/s1. The largest absolute Gasteiger partial charge is 0.493 e. The molecule has 9 nitrogen and oxygen atoms in total. The fourth-order valence-corrected chi connectivity index (χ4v) is 6.32. The van der Waals surface area contributed by atoms with Crippen LogP contribution < -0.4 is 19.1 Å². The van der Waals surface area contributed by atoms with Crippen molar-refractivity contribution in [3.05, 3.63) is 89.7 Å². The minimum absolute atomic E-state index is 0.00317. The van der Waals surface area contributed by atoms with Gasteiger partial charge in [0.1, 0.15) is 18.4 Å². The molecule has 0 aliphatic heterocycles. The number of anilines is 1. The molecule has 1 aliphatic carbocycles. The van der Waals surface area contributed by atoms with E-state index in [4.69, 9.17) is 9.47 Å². The van der Waals surface area contributed by atoms with Crippen molar-refractivity contribution in [2.45, 2.75) is 57.2 Å². The summed E-state index contributed by atoms with van der Waals surface area (Å²) in [5.41, 5.74) is 1.64. The van der Waals surface area contributed by atoms with Crippen LogP contribution in [0.2, 0.25) is 0 Å². The number of carbonyl (C=O) groups is 2. The first-order chi connectivity index (χ1) is 21.1. The van der Waals surface area contributed by atoms with E-state index in [0.29, 0.717) is 17.1 Å². The van der Waals surface area contributed by atoms with Gasteiger partial charge in [0.05, 0.1) is 26.2 Å². The molecule has 0 heterocycles. The molecule has 0 saturated heterocycles. The molecule has 3 aromatic rings. The minimum atomic E-state index is -3.96. The lowest BCUT2D eigenvalue weighted by Gasteiger charge is -2.35. The predicted molar refractivity (Wildman–Crippen MR) is 168 cm³/mol. The van der Waals surface area contributed by atoms with Crippen LogP contribution >= 0.6 is 0 Å². The van der Waals surface area contributed by atoms with Crippen molar-refractivity contribution in [1.82, 2.24) is 10.2 Å². The van der Waals surface area contributed by atoms with E-state index >= 15 is 0 Å². The van der Waals surface area contributed by atoms with Crippen LogP contribution in [-0.4, -0.2) is 64.2 Å². The molecule has 3 aromatic carbocycles. The zero-order valence-electron chi connectivity index (χ0n) is 25.4. The number of sulfonamides is 1. The van der Waals surface area contributed by atoms with Crippen LogP contribution in [0.3, 0.4) is 0 Å². The fourth-order valence-electron chi connectivity index (χ4n) is 5.48. The van der Waals surface area contributed by atoms with Gasteiger partial charge < -0.3 is 19.7 Å². The van der Waals surface area contributed by atoms with Crippen molar-refractivity contribution in [2.75, 3.05) is 31.3 Å². The summed E-state index contributed by atoms with van der Waals surface area (Å²) >= 11 is 0. The topological polar surface area (TPSA) is 105 Å². The average Bonchev–Trinajstić information content (AvgIpc) is 3.02. The first-order valence-corrected chi connectivity index (χ1v) is 16.5. The molecule has 4 rings (SSSR count). The van der Waals surface area contributed by atoms with Gasteiger partial charge in [0, 0.05) is 25.1 Å². The predicted octanol–water partition coefficient (Wildman–Crippen LogP) is 4.70. The Morgan fingerprint density at radius 2 is 1.57 bits per heavy atom. The lowest BCUT2D eigenvalue weighted by molar-refractivity contribution is -0.140. The highest BCUT2D eigenvalue weighted by atomic mass is 32.2. The Morgan fingerprint density at radius 1 is 0.909 bits per heavy atom. The number of carbonyl (C=O) groups excluding carboxylic acids is 2. The molecule has 0 unspecified atom stereocenters. The number of ether oxygens (including phenoxy) is 2. The quantitative estimate of drug-likeness (QED) is 0.295. The van der Waals surface area contributed by atoms with E-state index in [1.807, 2.05) is 30.3 Å². The van der Waals surface area contributed by atoms with Gasteiger partial charge in [-0.3, -0.25) is 13.9 Å². The zero-order chi connectivity index (χ0) is 31.7. The Morgan fingerprint density at radius 3 is 2.18 bits per heavy atom. The molecule has 1 fully saturated rings. The molecule has 2 amide bonds. The van der Waals surface area contributed by atoms with Crippen molar-refractivity contribution in [3.63, 3.8) is 0 Å². The third kappa shape index (κ3) is 8.72. The molecule has 1 N–H and O–H groups in total. The normalized spacial score (nSPS) is 14.4. The van der Waals surface area contributed by atoms with Crippen LogP contribution in [0.5, 0.6) is 11.5 Å². The molecule has 44 heavy (non-hydrogen) atoms. The van der Waals surface area contributed by atoms with Gasteiger partial charge >= 0.3 is 0 Å². The first kappa shape index (κ1) is 32.8. The third-order valence-corrected chi connectivity index (χ3v) is 8.96. The van der Waals surface area contributed by atoms with Crippen molar-refractivity contribution in [3.8, 4) is 11.5 Å². The monoisotopic (exact) mass is 625 g/mol. The molecule has 1 aliphatic rings. The third-order valence-electron chi connectivity index (χ3n) is 7.82. The second-order valence-electron chi connectivity index (χ2n) is 11.0. The molecular weight excluding hydrogens is 585 g/mol. The van der Waals surface area contributed by atoms with Gasteiger partial charge in [-0.2, -0.15) is 0 Å². The smallest absolute Gasteiger partial charge is 0.244 e. The molecule has 1 saturated carbocycles. The summed E-state index contributed by atoms with van der Waals surface area (Å²) < 4.78 is 51.5. The van der Waals surface area contributed by atoms with Crippen LogP contribution in [0.15, 0.2) is 72.8 Å². The highest BCUT2D eigenvalue weighted by molar-refractivity contribution is 7.92. The van der Waals surface area contributed by atoms with E-state index in [-0.39, 0.29) is 30.6 Å². The van der Waals surface area contributed by atoms with Crippen molar-refractivity contribution in [2.24, 2.45) is 0 Å². The zero-order valence-corrected chi connectivity index (χ0v) is 26.2. The van der Waals surface area contributed by atoms with Crippen LogP contribution in [0, 0.1) is 5.82 Å². The van der Waals surface area contributed by atoms with Crippen LogP contribution in [0.4, 0.5) is 10.1 Å². The molecule has 0 spiro atoms. The number of hydrogen-bond acceptors (Lipinski definition) is 6. The lowest BCUT2D eigenvalue weighted by atomic mass is 9.94. The lowest BCUT2D eigenvalue weighted by Crippen LogP contribution is -2.55. The maximum Gasteiger partial charge on any atom is 0.244 e. The number of halogens is 1. The second kappa shape index (κ2) is 15.1. The van der Waals surface area contributed by atoms with E-state index in [2.05, 4.69) is 5.32 Å². The Bertz CT molecular complexity index is 1510. The van der Waals surface area contributed by atoms with Crippen molar-refractivity contribution >= 4 is 27.5 Å². The van der Waals surface area contributed by atoms with Gasteiger partial charge in [-0.05, 0) is 48.2 Å². The van der Waals surface area contributed by atoms with Crippen LogP contribution in [0.25, 0.3) is 0 Å². The van der Waals surface area contributed by atoms with Crippen molar-refractivity contribution in [1.29, 1.82) is 0 Å². The van der Waals surface area contributed by atoms with Gasteiger partial charge in [-0.25, -0.2) is 12.8 Å². The SMILES string of the molecule is COc1ccc(N(CC(=O)N(Cc2ccc(F)cc2)[C@H](Cc2ccccc2)C(=O)NC2CCCCC2)S(C)(=O)=O)cc1OC. The van der Waals surface area contributed by atoms with E-state index < -0.39 is 34.3 Å². The number of nitrogens with one attached hydrogen (secondary N) is 1. The number of benzene rings is 3. The summed E-state index contributed by atoms with van der Waals surface area (Å²) in [6.45, 7) is -0.601. The summed E-state index contributed by atoms with van der Waals surface area (Å²) in [7, 11) is -1.06. The maximum atomic E-state index is 14.3. The Balaban J connectivity index is 1.73. The number of amides is 2. The summed E-state index contributed by atoms with van der Waals surface area (Å²) in [5.74, 6) is -0.638. The molecule has 0 bridgehead atoms. The fraction of sp³-hybridized carbons (Fsp3) is 0.394. The van der Waals surface area contributed by atoms with E-state index in [1.54, 1.807) is 18.2 Å². The number of hydrogen-bond donors (Lipinski definition) is 1. The van der Waals surface area contributed by atoms with Gasteiger partial charge in [0.15, 0.2) is 11.5 Å². The van der Waals surface area contributed by atoms with Gasteiger partial charge in [0.25, 0.3) is 0 Å². The highest BCUT2D eigenvalue weighted by Crippen LogP contribution is 2.32. The van der Waals surface area contributed by atoms with Crippen LogP contribution in [-0.2, 0) is 32.6 Å². The molecule has 0 aromatic heterocycles. The van der Waals surface area contributed by atoms with Gasteiger partial charge in [-0.15, -0.1) is 0 Å². The summed E-state index contributed by atoms with van der Waals surface area (Å²) in [6.07, 6.45) is 6.09. The Kier molecular flexibility index (Phi) is 11.2. The Labute approximate surface area is 259 Å². The number of nitrogens with zero attached hydrogens (tertiary/aromatic N) is 2. The van der Waals surface area contributed by atoms with Crippen molar-refractivity contribution < 1.29 is 31.9 Å². The summed E-state index contributed by atoms with van der Waals surface area (Å²) in [4.78, 5) is 29.6. The summed E-state index contributed by atoms with van der Waals surface area (Å²) in [6, 6.07) is 18.7. The maximum absolute atomic E-state index is 14.3. The van der Waals surface area contributed by atoms with Gasteiger partial charge in [0.2, 0.25) is 21.8 Å². The second-order valence-corrected chi connectivity index (χ2v) is 12.9. The molecule has 236 valence electrons. The molecule has 1 atom stereocenters. The van der Waals surface area contributed by atoms with Gasteiger partial charge in [-0.1, -0.05) is 61.7 Å². The van der Waals surface area contributed by atoms with E-state index in [1.165, 1.54) is 43.4 Å². The van der Waals surface area contributed by atoms with Crippen LogP contribution in [0.1, 0.15) is 43.2 Å². The molecule has 0 radical (unpaired) electrons. The molecule has 11 heteroatoms. The van der Waals surface area contributed by atoms with E-state index in [0.717, 1.165) is 48.2 Å². The molecular formula is C33H40FN3O6S. The van der Waals surface area contributed by atoms with E-state index in [9.17, 15) is 22.4 Å². The average molecular weight is 626 g/mol. The minimum Gasteiger partial charge on any atom is -0.493 e. The first-order valence-electron chi connectivity index (χ1n) is 14.7. The number of methoxy groups -OCH3 is 2. The Hall–Kier alpha value is -4.12. The summed E-state index contributed by atoms with van der Waals surface area (Å²) in [5, 5.41) is 3.16.